The largest absolute Gasteiger partial charge is 0.364 e. The Balaban J connectivity index is 2.26. The summed E-state index contributed by atoms with van der Waals surface area (Å²) in [5.74, 6) is 0.504. The van der Waals surface area contributed by atoms with Crippen LogP contribution in [0, 0.1) is 6.92 Å². The zero-order valence-electron chi connectivity index (χ0n) is 20.4. The maximum atomic E-state index is 4.38. The van der Waals surface area contributed by atoms with Gasteiger partial charge in [-0.05, 0) is 91.8 Å². The van der Waals surface area contributed by atoms with Gasteiger partial charge in [0.2, 0.25) is 0 Å². The molecular weight excluding hydrogens is 447 g/mol. The number of rotatable bonds is 6. The lowest BCUT2D eigenvalue weighted by molar-refractivity contribution is 0.730. The fourth-order valence-electron chi connectivity index (χ4n) is 4.04. The highest BCUT2D eigenvalue weighted by molar-refractivity contribution is 8.12. The second-order valence-electron chi connectivity index (χ2n) is 8.38. The first-order chi connectivity index (χ1) is 15.3. The number of thiophene rings is 2. The van der Waals surface area contributed by atoms with Crippen LogP contribution in [-0.2, 0) is 0 Å². The van der Waals surface area contributed by atoms with E-state index in [1.165, 1.54) is 53.1 Å². The third-order valence-corrected chi connectivity index (χ3v) is 10.0. The van der Waals surface area contributed by atoms with Gasteiger partial charge in [-0.3, -0.25) is 0 Å². The maximum absolute atomic E-state index is 4.38. The van der Waals surface area contributed by atoms with Crippen molar-refractivity contribution in [3.05, 3.63) is 84.4 Å². The third kappa shape index (κ3) is 5.08. The topological polar surface area (TPSA) is 12.0 Å². The summed E-state index contributed by atoms with van der Waals surface area (Å²) in [7, 11) is 0. The molecule has 32 heavy (non-hydrogen) atoms. The lowest BCUT2D eigenvalue weighted by Gasteiger charge is -2.17. The van der Waals surface area contributed by atoms with E-state index < -0.39 is 0 Å². The van der Waals surface area contributed by atoms with Crippen LogP contribution in [0.25, 0.3) is 16.1 Å². The van der Waals surface area contributed by atoms with Gasteiger partial charge in [0.1, 0.15) is 0 Å². The SMILES string of the molecule is C=C1S/C(c2sc(/C(CC)=C(\C)c3cccs3)c(C)c2C(C)CC)=C(/C)N/C=C\C=C1C. The van der Waals surface area contributed by atoms with E-state index >= 15 is 0 Å². The average Bonchev–Trinajstić information content (AvgIpc) is 3.43. The number of allylic oxidation sites excluding steroid dienone is 6. The van der Waals surface area contributed by atoms with Crippen LogP contribution in [0.5, 0.6) is 0 Å². The molecule has 1 atom stereocenters. The van der Waals surface area contributed by atoms with Crippen molar-refractivity contribution in [2.75, 3.05) is 0 Å². The molecule has 1 N–H and O–H groups in total. The first kappa shape index (κ1) is 24.9. The molecule has 1 aliphatic rings. The second kappa shape index (κ2) is 10.9. The molecule has 2 aromatic rings. The van der Waals surface area contributed by atoms with Gasteiger partial charge in [-0.1, -0.05) is 51.3 Å². The second-order valence-corrected chi connectivity index (χ2v) is 11.4. The maximum Gasteiger partial charge on any atom is 0.0487 e. The van der Waals surface area contributed by atoms with Crippen molar-refractivity contribution >= 4 is 50.5 Å². The van der Waals surface area contributed by atoms with E-state index in [1.807, 2.05) is 28.9 Å². The van der Waals surface area contributed by atoms with Gasteiger partial charge >= 0.3 is 0 Å². The highest BCUT2D eigenvalue weighted by Gasteiger charge is 2.26. The molecule has 0 saturated heterocycles. The Morgan fingerprint density at radius 2 is 1.94 bits per heavy atom. The average molecular weight is 482 g/mol. The Kier molecular flexibility index (Phi) is 8.49. The van der Waals surface area contributed by atoms with E-state index in [1.54, 1.807) is 11.8 Å². The molecule has 0 bridgehead atoms. The van der Waals surface area contributed by atoms with Crippen molar-refractivity contribution in [1.82, 2.24) is 5.32 Å². The van der Waals surface area contributed by atoms with Gasteiger partial charge < -0.3 is 5.32 Å². The summed E-state index contributed by atoms with van der Waals surface area (Å²) in [5.41, 5.74) is 8.22. The van der Waals surface area contributed by atoms with E-state index in [-0.39, 0.29) is 0 Å². The molecular formula is C28H35NS3. The summed E-state index contributed by atoms with van der Waals surface area (Å²) in [4.78, 5) is 6.62. The van der Waals surface area contributed by atoms with Crippen LogP contribution in [0.4, 0.5) is 0 Å². The zero-order valence-corrected chi connectivity index (χ0v) is 22.8. The van der Waals surface area contributed by atoms with Crippen LogP contribution in [0.1, 0.15) is 86.1 Å². The first-order valence-corrected chi connectivity index (χ1v) is 13.9. The molecule has 0 aliphatic carbocycles. The molecule has 1 aliphatic heterocycles. The molecule has 3 heterocycles. The van der Waals surface area contributed by atoms with Crippen molar-refractivity contribution in [1.29, 1.82) is 0 Å². The molecule has 0 saturated carbocycles. The summed E-state index contributed by atoms with van der Waals surface area (Å²) >= 11 is 5.60. The van der Waals surface area contributed by atoms with Gasteiger partial charge in [-0.2, -0.15) is 0 Å². The Morgan fingerprint density at radius 1 is 1.19 bits per heavy atom. The van der Waals surface area contributed by atoms with Crippen LogP contribution < -0.4 is 5.32 Å². The normalized spacial score (nSPS) is 20.0. The third-order valence-electron chi connectivity index (χ3n) is 6.22. The minimum absolute atomic E-state index is 0.504. The molecule has 1 unspecified atom stereocenters. The lowest BCUT2D eigenvalue weighted by atomic mass is 9.91. The molecule has 3 rings (SSSR count). The van der Waals surface area contributed by atoms with Gasteiger partial charge in [0, 0.05) is 36.3 Å². The van der Waals surface area contributed by atoms with Crippen molar-refractivity contribution in [3.63, 3.8) is 0 Å². The molecule has 0 aromatic carbocycles. The Morgan fingerprint density at radius 3 is 2.56 bits per heavy atom. The molecule has 2 aromatic heterocycles. The molecule has 0 radical (unpaired) electrons. The summed E-state index contributed by atoms with van der Waals surface area (Å²) in [6.07, 6.45) is 8.38. The number of hydrogen-bond donors (Lipinski definition) is 1. The van der Waals surface area contributed by atoms with E-state index in [0.29, 0.717) is 5.92 Å². The molecule has 1 nitrogen and oxygen atoms in total. The molecule has 0 spiro atoms. The number of thioether (sulfide) groups is 1. The molecule has 4 heteroatoms. The standard InChI is InChI=1S/C28H35NS3/c1-9-17(3)25-20(6)26(23(10-2)19(5)24-14-12-16-30-24)32-28(25)27-21(7)29-15-11-13-18(4)22(8)31-27/h11-17,29H,8-10H2,1-7H3/b15-11-,18-13?,23-19+,27-21-. The van der Waals surface area contributed by atoms with Gasteiger partial charge in [-0.25, -0.2) is 0 Å². The van der Waals surface area contributed by atoms with Crippen molar-refractivity contribution in [2.24, 2.45) is 0 Å². The summed E-state index contributed by atoms with van der Waals surface area (Å²) < 4.78 is 0. The van der Waals surface area contributed by atoms with Crippen molar-refractivity contribution in [2.45, 2.75) is 67.2 Å². The lowest BCUT2D eigenvalue weighted by Crippen LogP contribution is -2.04. The predicted octanol–water partition coefficient (Wildman–Crippen LogP) is 9.97. The van der Waals surface area contributed by atoms with E-state index in [0.717, 1.165) is 17.7 Å². The van der Waals surface area contributed by atoms with Crippen LogP contribution >= 0.6 is 34.4 Å². The minimum atomic E-state index is 0.504. The number of hydrogen-bond acceptors (Lipinski definition) is 4. The smallest absolute Gasteiger partial charge is 0.0487 e. The highest BCUT2D eigenvalue weighted by atomic mass is 32.2. The first-order valence-electron chi connectivity index (χ1n) is 11.4. The molecule has 0 fully saturated rings. The number of nitrogens with one attached hydrogen (secondary N) is 1. The predicted molar refractivity (Wildman–Crippen MR) is 150 cm³/mol. The van der Waals surface area contributed by atoms with E-state index in [9.17, 15) is 0 Å². The summed E-state index contributed by atoms with van der Waals surface area (Å²) in [5, 5.41) is 5.68. The highest BCUT2D eigenvalue weighted by Crippen LogP contribution is 2.49. The quantitative estimate of drug-likeness (QED) is 0.440. The summed E-state index contributed by atoms with van der Waals surface area (Å²) in [6, 6.07) is 4.39. The van der Waals surface area contributed by atoms with Gasteiger partial charge in [-0.15, -0.1) is 22.7 Å². The van der Waals surface area contributed by atoms with Crippen molar-refractivity contribution < 1.29 is 0 Å². The van der Waals surface area contributed by atoms with Crippen LogP contribution in [0.2, 0.25) is 0 Å². The van der Waals surface area contributed by atoms with Crippen LogP contribution in [0.15, 0.2) is 58.6 Å². The fraction of sp³-hybridized carbons (Fsp3) is 0.357. The van der Waals surface area contributed by atoms with Crippen molar-refractivity contribution in [3.8, 4) is 0 Å². The fourth-order valence-corrected chi connectivity index (χ4v) is 7.54. The minimum Gasteiger partial charge on any atom is -0.364 e. The Hall–Kier alpha value is -1.75. The van der Waals surface area contributed by atoms with Gasteiger partial charge in [0.15, 0.2) is 0 Å². The van der Waals surface area contributed by atoms with Crippen LogP contribution in [-0.4, -0.2) is 0 Å². The zero-order chi connectivity index (χ0) is 23.4. The summed E-state index contributed by atoms with van der Waals surface area (Å²) in [6.45, 7) is 20.3. The van der Waals surface area contributed by atoms with Gasteiger partial charge in [0.25, 0.3) is 0 Å². The Labute approximate surface area is 206 Å². The Bertz CT molecular complexity index is 1100. The van der Waals surface area contributed by atoms with Gasteiger partial charge in [0.05, 0.1) is 0 Å². The monoisotopic (exact) mass is 481 g/mol. The van der Waals surface area contributed by atoms with E-state index in [4.69, 9.17) is 0 Å². The van der Waals surface area contributed by atoms with Crippen LogP contribution in [0.3, 0.4) is 0 Å². The van der Waals surface area contributed by atoms with E-state index in [2.05, 4.69) is 90.0 Å². The molecule has 0 amide bonds. The molecule has 170 valence electrons.